The summed E-state index contributed by atoms with van der Waals surface area (Å²) < 4.78 is 5.96. The molecule has 0 heterocycles. The minimum absolute atomic E-state index is 0.0740. The topological polar surface area (TPSA) is 95.9 Å². The van der Waals surface area contributed by atoms with Crippen LogP contribution in [-0.2, 0) is 14.3 Å². The molecule has 0 aromatic carbocycles. The quantitative estimate of drug-likeness (QED) is 0.0321. The lowest BCUT2D eigenvalue weighted by Gasteiger charge is -2.24. The Balaban J connectivity index is 4.54. The molecule has 0 radical (unpaired) electrons. The van der Waals surface area contributed by atoms with Crippen molar-refractivity contribution in [2.24, 2.45) is 0 Å². The van der Waals surface area contributed by atoms with Crippen molar-refractivity contribution < 1.29 is 24.5 Å². The Morgan fingerprint density at radius 3 is 1.22 bits per heavy atom. The van der Waals surface area contributed by atoms with Crippen molar-refractivity contribution >= 4 is 11.9 Å². The van der Waals surface area contributed by atoms with Gasteiger partial charge in [-0.2, -0.15) is 0 Å². The van der Waals surface area contributed by atoms with Gasteiger partial charge >= 0.3 is 5.97 Å². The number of aliphatic hydroxyl groups excluding tert-OH is 2. The first-order valence-electron chi connectivity index (χ1n) is 28.6. The molecule has 6 heteroatoms. The number of carbonyl (C=O) groups excluding carboxylic acids is 2. The van der Waals surface area contributed by atoms with Gasteiger partial charge in [-0.1, -0.05) is 263 Å². The Labute approximate surface area is 399 Å². The molecule has 64 heavy (non-hydrogen) atoms. The maximum absolute atomic E-state index is 13.3. The van der Waals surface area contributed by atoms with Crippen LogP contribution in [0.15, 0.2) is 24.3 Å². The number of hydrogen-bond acceptors (Lipinski definition) is 5. The molecule has 0 aromatic heterocycles. The highest BCUT2D eigenvalue weighted by Gasteiger charge is 2.24. The average Bonchev–Trinajstić information content (AvgIpc) is 3.29. The first-order chi connectivity index (χ1) is 31.5. The molecule has 0 saturated heterocycles. The third-order valence-electron chi connectivity index (χ3n) is 13.3. The van der Waals surface area contributed by atoms with Gasteiger partial charge < -0.3 is 20.3 Å². The monoisotopic (exact) mass is 902 g/mol. The van der Waals surface area contributed by atoms with Gasteiger partial charge in [-0.3, -0.25) is 9.59 Å². The van der Waals surface area contributed by atoms with Crippen LogP contribution in [0.3, 0.4) is 0 Å². The zero-order chi connectivity index (χ0) is 46.7. The van der Waals surface area contributed by atoms with Gasteiger partial charge in [0.15, 0.2) is 0 Å². The minimum atomic E-state index is -0.788. The Morgan fingerprint density at radius 1 is 0.453 bits per heavy atom. The summed E-state index contributed by atoms with van der Waals surface area (Å²) in [5, 5.41) is 23.9. The number of amides is 1. The van der Waals surface area contributed by atoms with Gasteiger partial charge in [0.1, 0.15) is 6.10 Å². The highest BCUT2D eigenvalue weighted by molar-refractivity contribution is 5.77. The number of aliphatic hydroxyl groups is 2. The summed E-state index contributed by atoms with van der Waals surface area (Å²) in [5.41, 5.74) is 0. The molecular formula is C58H111NO5. The third-order valence-corrected chi connectivity index (χ3v) is 13.3. The van der Waals surface area contributed by atoms with Gasteiger partial charge in [-0.15, -0.1) is 0 Å². The van der Waals surface area contributed by atoms with Crippen LogP contribution in [0.25, 0.3) is 0 Å². The predicted octanol–water partition coefficient (Wildman–Crippen LogP) is 17.5. The Hall–Kier alpha value is -1.66. The van der Waals surface area contributed by atoms with Gasteiger partial charge in [-0.05, 0) is 57.8 Å². The number of unbranched alkanes of at least 4 members (excludes halogenated alkanes) is 36. The molecule has 378 valence electrons. The molecule has 6 nitrogen and oxygen atoms in total. The largest absolute Gasteiger partial charge is 0.462 e. The number of esters is 1. The molecular weight excluding hydrogens is 791 g/mol. The van der Waals surface area contributed by atoms with E-state index >= 15 is 0 Å². The first-order valence-corrected chi connectivity index (χ1v) is 28.6. The van der Waals surface area contributed by atoms with Crippen molar-refractivity contribution in [3.05, 3.63) is 24.3 Å². The van der Waals surface area contributed by atoms with Crippen LogP contribution < -0.4 is 5.32 Å². The van der Waals surface area contributed by atoms with Crippen LogP contribution in [0, 0.1) is 0 Å². The summed E-state index contributed by atoms with van der Waals surface area (Å²) in [4.78, 5) is 26.2. The standard InChI is InChI=1S/C58H111NO5/c1-4-7-10-13-16-19-22-25-28-31-34-37-40-43-46-49-54(64-58(63)51-48-45-42-39-36-33-30-27-24-21-18-15-12-9-6-3)52-57(62)59-55(53-60)56(61)50-47-44-41-38-35-32-29-26-23-20-17-14-11-8-5-2/h16,19,25,28,54-56,60-61H,4-15,17-18,20-24,26-27,29-53H2,1-3H3,(H,59,62)/b19-16-,28-25-. The summed E-state index contributed by atoms with van der Waals surface area (Å²) in [6.45, 7) is 6.49. The van der Waals surface area contributed by atoms with Gasteiger partial charge in [0.05, 0.1) is 25.2 Å². The van der Waals surface area contributed by atoms with Crippen molar-refractivity contribution in [3.63, 3.8) is 0 Å². The fraction of sp³-hybridized carbons (Fsp3) is 0.897. The molecule has 0 aliphatic rings. The van der Waals surface area contributed by atoms with Crippen LogP contribution in [-0.4, -0.2) is 46.9 Å². The predicted molar refractivity (Wildman–Crippen MR) is 278 cm³/mol. The van der Waals surface area contributed by atoms with E-state index in [0.29, 0.717) is 19.3 Å². The van der Waals surface area contributed by atoms with Crippen LogP contribution in [0.1, 0.15) is 310 Å². The van der Waals surface area contributed by atoms with Crippen molar-refractivity contribution in [2.75, 3.05) is 6.61 Å². The summed E-state index contributed by atoms with van der Waals surface area (Å²) >= 11 is 0. The van der Waals surface area contributed by atoms with E-state index in [4.69, 9.17) is 4.74 Å². The van der Waals surface area contributed by atoms with E-state index < -0.39 is 18.2 Å². The van der Waals surface area contributed by atoms with Gasteiger partial charge in [-0.25, -0.2) is 0 Å². The fourth-order valence-corrected chi connectivity index (χ4v) is 8.93. The normalized spacial score (nSPS) is 13.3. The molecule has 3 N–H and O–H groups in total. The highest BCUT2D eigenvalue weighted by Crippen LogP contribution is 2.19. The highest BCUT2D eigenvalue weighted by atomic mass is 16.5. The maximum Gasteiger partial charge on any atom is 0.306 e. The van der Waals surface area contributed by atoms with E-state index in [0.717, 1.165) is 64.2 Å². The van der Waals surface area contributed by atoms with E-state index in [9.17, 15) is 19.8 Å². The first kappa shape index (κ1) is 62.3. The van der Waals surface area contributed by atoms with Crippen LogP contribution >= 0.6 is 0 Å². The molecule has 0 aliphatic heterocycles. The van der Waals surface area contributed by atoms with Gasteiger partial charge in [0.25, 0.3) is 0 Å². The Morgan fingerprint density at radius 2 is 0.797 bits per heavy atom. The second kappa shape index (κ2) is 52.3. The molecule has 0 aliphatic carbocycles. The Bertz CT molecular complexity index is 1010. The summed E-state index contributed by atoms with van der Waals surface area (Å²) in [6, 6.07) is -0.702. The lowest BCUT2D eigenvalue weighted by atomic mass is 10.0. The summed E-state index contributed by atoms with van der Waals surface area (Å²) in [5.74, 6) is -0.469. The zero-order valence-corrected chi connectivity index (χ0v) is 43.2. The van der Waals surface area contributed by atoms with Crippen molar-refractivity contribution in [1.29, 1.82) is 0 Å². The van der Waals surface area contributed by atoms with Crippen LogP contribution in [0.4, 0.5) is 0 Å². The number of nitrogens with one attached hydrogen (secondary N) is 1. The van der Waals surface area contributed by atoms with Gasteiger partial charge in [0.2, 0.25) is 5.91 Å². The minimum Gasteiger partial charge on any atom is -0.462 e. The molecule has 1 amide bonds. The van der Waals surface area contributed by atoms with Crippen molar-refractivity contribution in [1.82, 2.24) is 5.32 Å². The molecule has 0 aromatic rings. The molecule has 0 rings (SSSR count). The molecule has 0 saturated carbocycles. The number of hydrogen-bond donors (Lipinski definition) is 3. The maximum atomic E-state index is 13.3. The Kier molecular flexibility index (Phi) is 51.0. The van der Waals surface area contributed by atoms with Crippen LogP contribution in [0.2, 0.25) is 0 Å². The third kappa shape index (κ3) is 46.9. The van der Waals surface area contributed by atoms with Crippen molar-refractivity contribution in [2.45, 2.75) is 328 Å². The van der Waals surface area contributed by atoms with E-state index in [-0.39, 0.29) is 24.9 Å². The molecule has 3 unspecified atom stereocenters. The smallest absolute Gasteiger partial charge is 0.306 e. The lowest BCUT2D eigenvalue weighted by Crippen LogP contribution is -2.46. The molecule has 0 bridgehead atoms. The number of allylic oxidation sites excluding steroid dienone is 4. The van der Waals surface area contributed by atoms with E-state index in [1.807, 2.05) is 0 Å². The molecule has 0 spiro atoms. The number of carbonyl (C=O) groups is 2. The second-order valence-electron chi connectivity index (χ2n) is 19.7. The van der Waals surface area contributed by atoms with E-state index in [1.165, 1.54) is 199 Å². The van der Waals surface area contributed by atoms with Crippen LogP contribution in [0.5, 0.6) is 0 Å². The summed E-state index contributed by atoms with van der Waals surface area (Å²) in [7, 11) is 0. The fourth-order valence-electron chi connectivity index (χ4n) is 8.93. The summed E-state index contributed by atoms with van der Waals surface area (Å²) in [6.07, 6.45) is 60.9. The zero-order valence-electron chi connectivity index (χ0n) is 43.2. The van der Waals surface area contributed by atoms with E-state index in [1.54, 1.807) is 0 Å². The average molecular weight is 903 g/mol. The SMILES string of the molecule is CCCCC/C=C\C/C=C\CCCCCCCC(CC(=O)NC(CO)C(O)CCCCCCCCCCCCCCCCC)OC(=O)CCCCCCCCCCCCCCCCC. The number of ether oxygens (including phenoxy) is 1. The molecule has 3 atom stereocenters. The number of rotatable bonds is 52. The second-order valence-corrected chi connectivity index (χ2v) is 19.7. The van der Waals surface area contributed by atoms with E-state index in [2.05, 4.69) is 50.4 Å². The molecule has 0 fully saturated rings. The lowest BCUT2D eigenvalue weighted by molar-refractivity contribution is -0.151. The van der Waals surface area contributed by atoms with Crippen molar-refractivity contribution in [3.8, 4) is 0 Å². The van der Waals surface area contributed by atoms with Gasteiger partial charge in [0, 0.05) is 6.42 Å².